The van der Waals surface area contributed by atoms with E-state index in [2.05, 4.69) is 10.6 Å². The summed E-state index contributed by atoms with van der Waals surface area (Å²) in [5.74, 6) is -0.526. The number of piperidine rings is 1. The van der Waals surface area contributed by atoms with Crippen molar-refractivity contribution < 1.29 is 18.7 Å². The van der Waals surface area contributed by atoms with Crippen molar-refractivity contribution in [1.82, 2.24) is 5.32 Å². The second-order valence-electron chi connectivity index (χ2n) is 5.38. The molecule has 114 valence electrons. The van der Waals surface area contributed by atoms with E-state index in [0.29, 0.717) is 23.4 Å². The minimum Gasteiger partial charge on any atom is -0.495 e. The number of methoxy groups -OCH3 is 1. The van der Waals surface area contributed by atoms with Gasteiger partial charge >= 0.3 is 0 Å². The first kappa shape index (κ1) is 15.3. The summed E-state index contributed by atoms with van der Waals surface area (Å²) in [6, 6.07) is 2.40. The Kier molecular flexibility index (Phi) is 4.45. The third-order valence-corrected chi connectivity index (χ3v) is 3.51. The largest absolute Gasteiger partial charge is 0.495 e. The number of imide groups is 1. The first-order valence-electron chi connectivity index (χ1n) is 6.90. The van der Waals surface area contributed by atoms with E-state index < -0.39 is 11.9 Å². The summed E-state index contributed by atoms with van der Waals surface area (Å²) in [5, 5.41) is 5.20. The zero-order valence-corrected chi connectivity index (χ0v) is 12.3. The molecule has 0 saturated carbocycles. The molecule has 0 bridgehead atoms. The highest BCUT2D eigenvalue weighted by atomic mass is 19.1. The van der Waals surface area contributed by atoms with Crippen LogP contribution in [0.5, 0.6) is 5.75 Å². The van der Waals surface area contributed by atoms with Crippen LogP contribution in [-0.2, 0) is 9.59 Å². The normalized spacial score (nSPS) is 18.6. The van der Waals surface area contributed by atoms with Crippen molar-refractivity contribution in [2.24, 2.45) is 0 Å². The number of carbonyl (C=O) groups is 2. The number of nitrogens with one attached hydrogen (secondary N) is 2. The summed E-state index contributed by atoms with van der Waals surface area (Å²) in [6.07, 6.45) is 0.639. The van der Waals surface area contributed by atoms with Crippen LogP contribution in [0.1, 0.15) is 38.2 Å². The monoisotopic (exact) mass is 294 g/mol. The number of rotatable bonds is 4. The van der Waals surface area contributed by atoms with Gasteiger partial charge in [0.2, 0.25) is 11.8 Å². The maximum absolute atomic E-state index is 14.1. The Hall–Kier alpha value is -2.11. The molecule has 1 aromatic carbocycles. The quantitative estimate of drug-likeness (QED) is 0.835. The van der Waals surface area contributed by atoms with E-state index >= 15 is 0 Å². The molecule has 6 heteroatoms. The molecule has 1 saturated heterocycles. The van der Waals surface area contributed by atoms with E-state index in [9.17, 15) is 14.0 Å². The van der Waals surface area contributed by atoms with Crippen molar-refractivity contribution in [3.63, 3.8) is 0 Å². The Morgan fingerprint density at radius 3 is 2.67 bits per heavy atom. The molecule has 2 N–H and O–H groups in total. The van der Waals surface area contributed by atoms with Gasteiger partial charge in [0.15, 0.2) is 0 Å². The lowest BCUT2D eigenvalue weighted by atomic mass is 10.0. The third-order valence-electron chi connectivity index (χ3n) is 3.51. The Bertz CT molecular complexity index is 572. The molecule has 2 amide bonds. The Balaban J connectivity index is 2.25. The average Bonchev–Trinajstić information content (AvgIpc) is 2.41. The molecule has 5 nitrogen and oxygen atoms in total. The number of halogens is 1. The van der Waals surface area contributed by atoms with Crippen LogP contribution in [0.25, 0.3) is 0 Å². The van der Waals surface area contributed by atoms with E-state index in [4.69, 9.17) is 4.74 Å². The topological polar surface area (TPSA) is 67.4 Å². The molecular weight excluding hydrogens is 275 g/mol. The number of amides is 2. The second kappa shape index (κ2) is 6.11. The smallest absolute Gasteiger partial charge is 0.249 e. The first-order chi connectivity index (χ1) is 9.92. The van der Waals surface area contributed by atoms with Crippen LogP contribution >= 0.6 is 0 Å². The van der Waals surface area contributed by atoms with Crippen LogP contribution in [0, 0.1) is 5.82 Å². The molecule has 1 atom stereocenters. The molecule has 1 aliphatic heterocycles. The van der Waals surface area contributed by atoms with E-state index in [1.807, 2.05) is 13.8 Å². The third kappa shape index (κ3) is 3.32. The van der Waals surface area contributed by atoms with Crippen molar-refractivity contribution in [2.75, 3.05) is 12.4 Å². The fourth-order valence-electron chi connectivity index (χ4n) is 2.31. The predicted octanol–water partition coefficient (Wildman–Crippen LogP) is 2.17. The molecule has 1 heterocycles. The zero-order chi connectivity index (χ0) is 15.6. The van der Waals surface area contributed by atoms with Crippen LogP contribution in [-0.4, -0.2) is 25.0 Å². The summed E-state index contributed by atoms with van der Waals surface area (Å²) in [5.41, 5.74) is 0.967. The molecular formula is C15H19FN2O3. The Labute approximate surface area is 122 Å². The van der Waals surface area contributed by atoms with Gasteiger partial charge < -0.3 is 10.1 Å². The predicted molar refractivity (Wildman–Crippen MR) is 76.8 cm³/mol. The molecule has 1 aromatic rings. The number of hydrogen-bond donors (Lipinski definition) is 2. The van der Waals surface area contributed by atoms with E-state index in [-0.39, 0.29) is 24.1 Å². The van der Waals surface area contributed by atoms with E-state index in [0.717, 1.165) is 0 Å². The minimum atomic E-state index is -0.569. The molecule has 0 aliphatic carbocycles. The van der Waals surface area contributed by atoms with Crippen molar-refractivity contribution >= 4 is 17.5 Å². The van der Waals surface area contributed by atoms with E-state index in [1.54, 1.807) is 6.07 Å². The molecule has 0 aromatic heterocycles. The van der Waals surface area contributed by atoms with Crippen molar-refractivity contribution in [2.45, 2.75) is 38.6 Å². The van der Waals surface area contributed by atoms with Gasteiger partial charge in [-0.3, -0.25) is 14.9 Å². The highest BCUT2D eigenvalue weighted by Crippen LogP contribution is 2.32. The van der Waals surface area contributed by atoms with Gasteiger partial charge in [0, 0.05) is 12.5 Å². The zero-order valence-electron chi connectivity index (χ0n) is 12.3. The van der Waals surface area contributed by atoms with Crippen LogP contribution in [0.4, 0.5) is 10.1 Å². The lowest BCUT2D eigenvalue weighted by Gasteiger charge is -2.24. The van der Waals surface area contributed by atoms with Crippen LogP contribution in [0.15, 0.2) is 12.1 Å². The van der Waals surface area contributed by atoms with Crippen LogP contribution in [0.3, 0.4) is 0 Å². The summed E-state index contributed by atoms with van der Waals surface area (Å²) in [6.45, 7) is 3.79. The van der Waals surface area contributed by atoms with E-state index in [1.165, 1.54) is 13.2 Å². The lowest BCUT2D eigenvalue weighted by molar-refractivity contribution is -0.133. The van der Waals surface area contributed by atoms with Crippen LogP contribution in [0.2, 0.25) is 0 Å². The van der Waals surface area contributed by atoms with Gasteiger partial charge in [0.05, 0.1) is 12.8 Å². The molecule has 1 unspecified atom stereocenters. The average molecular weight is 294 g/mol. The van der Waals surface area contributed by atoms with Gasteiger partial charge in [0.1, 0.15) is 17.6 Å². The fraction of sp³-hybridized carbons (Fsp3) is 0.467. The van der Waals surface area contributed by atoms with Crippen LogP contribution < -0.4 is 15.4 Å². The van der Waals surface area contributed by atoms with Gasteiger partial charge in [-0.2, -0.15) is 0 Å². The molecule has 2 rings (SSSR count). The van der Waals surface area contributed by atoms with Gasteiger partial charge in [-0.15, -0.1) is 0 Å². The molecule has 1 fully saturated rings. The molecule has 1 aliphatic rings. The summed E-state index contributed by atoms with van der Waals surface area (Å²) >= 11 is 0. The van der Waals surface area contributed by atoms with Gasteiger partial charge in [-0.1, -0.05) is 13.8 Å². The maximum atomic E-state index is 14.1. The summed E-state index contributed by atoms with van der Waals surface area (Å²) in [4.78, 5) is 22.9. The number of benzene rings is 1. The highest BCUT2D eigenvalue weighted by Gasteiger charge is 2.27. The number of carbonyl (C=O) groups excluding carboxylic acids is 2. The molecule has 0 radical (unpaired) electrons. The highest BCUT2D eigenvalue weighted by molar-refractivity contribution is 6.01. The Morgan fingerprint density at radius 1 is 1.38 bits per heavy atom. The summed E-state index contributed by atoms with van der Waals surface area (Å²) < 4.78 is 19.3. The number of ether oxygens (including phenoxy) is 1. The standard InChI is InChI=1S/C15H19FN2O3/c1-8(2)9-6-13(21-3)12(7-10(9)16)17-11-4-5-14(19)18-15(11)20/h6-8,11,17H,4-5H2,1-3H3,(H,18,19,20). The molecule has 21 heavy (non-hydrogen) atoms. The first-order valence-corrected chi connectivity index (χ1v) is 6.90. The SMILES string of the molecule is COc1cc(C(C)C)c(F)cc1NC1CCC(=O)NC1=O. The van der Waals surface area contributed by atoms with Gasteiger partial charge in [-0.25, -0.2) is 4.39 Å². The lowest BCUT2D eigenvalue weighted by Crippen LogP contribution is -2.47. The van der Waals surface area contributed by atoms with Crippen molar-refractivity contribution in [3.05, 3.63) is 23.5 Å². The van der Waals surface area contributed by atoms with Crippen molar-refractivity contribution in [1.29, 1.82) is 0 Å². The molecule has 0 spiro atoms. The Morgan fingerprint density at radius 2 is 2.10 bits per heavy atom. The second-order valence-corrected chi connectivity index (χ2v) is 5.38. The van der Waals surface area contributed by atoms with Gasteiger partial charge in [0.25, 0.3) is 0 Å². The number of anilines is 1. The fourth-order valence-corrected chi connectivity index (χ4v) is 2.31. The summed E-state index contributed by atoms with van der Waals surface area (Å²) in [7, 11) is 1.49. The number of hydrogen-bond acceptors (Lipinski definition) is 4. The van der Waals surface area contributed by atoms with Gasteiger partial charge in [-0.05, 0) is 24.0 Å². The minimum absolute atomic E-state index is 0.0311. The maximum Gasteiger partial charge on any atom is 0.249 e. The van der Waals surface area contributed by atoms with Crippen molar-refractivity contribution in [3.8, 4) is 5.75 Å².